The molecule has 0 bridgehead atoms. The van der Waals surface area contributed by atoms with Gasteiger partial charge in [-0.2, -0.15) is 4.39 Å². The van der Waals surface area contributed by atoms with Gasteiger partial charge in [0.1, 0.15) is 5.75 Å². The molecule has 1 saturated heterocycles. The highest BCUT2D eigenvalue weighted by Gasteiger charge is 2.34. The van der Waals surface area contributed by atoms with E-state index in [1.165, 1.54) is 13.2 Å². The number of thiophene rings is 1. The van der Waals surface area contributed by atoms with Crippen LogP contribution in [0.25, 0.3) is 10.9 Å². The smallest absolute Gasteiger partial charge is 0.308 e. The van der Waals surface area contributed by atoms with Crippen LogP contribution in [0.4, 0.5) is 8.78 Å². The second-order valence-electron chi connectivity index (χ2n) is 8.46. The zero-order chi connectivity index (χ0) is 24.9. The molecule has 6 nitrogen and oxygen atoms in total. The van der Waals surface area contributed by atoms with Crippen LogP contribution in [0.3, 0.4) is 0 Å². The number of ether oxygens (including phenoxy) is 1. The predicted octanol–water partition coefficient (Wildman–Crippen LogP) is 4.62. The van der Waals surface area contributed by atoms with Crippen LogP contribution in [-0.2, 0) is 4.79 Å². The molecule has 35 heavy (non-hydrogen) atoms. The van der Waals surface area contributed by atoms with Crippen LogP contribution in [0.1, 0.15) is 34.5 Å². The highest BCUT2D eigenvalue weighted by molar-refractivity contribution is 7.10. The summed E-state index contributed by atoms with van der Waals surface area (Å²) in [4.78, 5) is 31.6. The summed E-state index contributed by atoms with van der Waals surface area (Å²) in [5.74, 6) is 3.49. The molecule has 182 valence electrons. The number of pyridine rings is 1. The molecule has 3 aromatic rings. The van der Waals surface area contributed by atoms with E-state index < -0.39 is 17.7 Å². The van der Waals surface area contributed by atoms with Crippen molar-refractivity contribution in [2.75, 3.05) is 26.7 Å². The van der Waals surface area contributed by atoms with Crippen molar-refractivity contribution in [3.8, 4) is 17.6 Å². The summed E-state index contributed by atoms with van der Waals surface area (Å²) in [5, 5.41) is 9.87. The third-order valence-electron chi connectivity index (χ3n) is 6.29. The minimum atomic E-state index is -0.925. The highest BCUT2D eigenvalue weighted by Crippen LogP contribution is 2.31. The quantitative estimate of drug-likeness (QED) is 0.378. The second kappa shape index (κ2) is 10.9. The molecule has 1 fully saturated rings. The van der Waals surface area contributed by atoms with Crippen molar-refractivity contribution in [1.29, 1.82) is 0 Å². The fourth-order valence-electron chi connectivity index (χ4n) is 4.46. The summed E-state index contributed by atoms with van der Waals surface area (Å²) < 4.78 is 32.9. The number of hydrogen-bond donors (Lipinski definition) is 1. The standard InChI is InChI=1S/C26H24F2N2O4S/c1-34-17-5-7-22-19(13-17)25(21(27)14-29-22)23(31)8-4-16-10-12-30(15-20(16)26(32)33)11-2-3-18-6-9-24(28)35-18/h5-7,9,13-14,16,20H,4,8,10-12,15H2,1H3,(H,32,33)/t16-,20+/m0/s1. The molecule has 0 radical (unpaired) electrons. The van der Waals surface area contributed by atoms with Crippen molar-refractivity contribution in [3.63, 3.8) is 0 Å². The van der Waals surface area contributed by atoms with Gasteiger partial charge >= 0.3 is 5.97 Å². The van der Waals surface area contributed by atoms with E-state index in [9.17, 15) is 23.5 Å². The lowest BCUT2D eigenvalue weighted by Gasteiger charge is -2.35. The molecule has 0 saturated carbocycles. The number of aromatic nitrogens is 1. The Bertz CT molecular complexity index is 1310. The number of nitrogens with zero attached hydrogens (tertiary/aromatic N) is 2. The van der Waals surface area contributed by atoms with Crippen molar-refractivity contribution in [3.05, 3.63) is 57.9 Å². The van der Waals surface area contributed by atoms with E-state index in [2.05, 4.69) is 16.8 Å². The molecule has 2 atom stereocenters. The number of hydrogen-bond acceptors (Lipinski definition) is 6. The average Bonchev–Trinajstić information content (AvgIpc) is 3.27. The summed E-state index contributed by atoms with van der Waals surface area (Å²) >= 11 is 0.969. The molecular weight excluding hydrogens is 474 g/mol. The average molecular weight is 499 g/mol. The Labute approximate surface area is 205 Å². The van der Waals surface area contributed by atoms with E-state index in [1.54, 1.807) is 24.3 Å². The van der Waals surface area contributed by atoms with Gasteiger partial charge in [-0.05, 0) is 55.6 Å². The van der Waals surface area contributed by atoms with Gasteiger partial charge in [-0.3, -0.25) is 19.5 Å². The number of carbonyl (C=O) groups excluding carboxylic acids is 1. The van der Waals surface area contributed by atoms with Gasteiger partial charge in [0.25, 0.3) is 0 Å². The van der Waals surface area contributed by atoms with Gasteiger partial charge in [0.05, 0.1) is 41.7 Å². The number of likely N-dealkylation sites (tertiary alicyclic amines) is 1. The first-order valence-electron chi connectivity index (χ1n) is 11.2. The first kappa shape index (κ1) is 24.8. The molecule has 1 aliphatic rings. The molecule has 0 amide bonds. The van der Waals surface area contributed by atoms with E-state index in [1.807, 2.05) is 4.90 Å². The van der Waals surface area contributed by atoms with Crippen LogP contribution in [0.5, 0.6) is 5.75 Å². The van der Waals surface area contributed by atoms with Crippen LogP contribution < -0.4 is 4.74 Å². The van der Waals surface area contributed by atoms with Gasteiger partial charge in [-0.25, -0.2) is 4.39 Å². The number of methoxy groups -OCH3 is 1. The van der Waals surface area contributed by atoms with Crippen molar-refractivity contribution in [1.82, 2.24) is 9.88 Å². The maximum atomic E-state index is 14.6. The van der Waals surface area contributed by atoms with Crippen LogP contribution in [0.2, 0.25) is 0 Å². The molecule has 4 rings (SSSR count). The summed E-state index contributed by atoms with van der Waals surface area (Å²) in [6, 6.07) is 7.91. The van der Waals surface area contributed by atoms with Crippen molar-refractivity contribution < 1.29 is 28.2 Å². The number of carbonyl (C=O) groups is 2. The topological polar surface area (TPSA) is 79.7 Å². The minimum Gasteiger partial charge on any atom is -0.497 e. The molecule has 3 heterocycles. The molecule has 1 aliphatic heterocycles. The Morgan fingerprint density at radius 2 is 2.11 bits per heavy atom. The number of carboxylic acid groups (broad SMARTS) is 1. The van der Waals surface area contributed by atoms with Crippen molar-refractivity contribution >= 4 is 34.0 Å². The number of Topliss-reactive ketones (excluding diaryl/α,β-unsaturated/α-hetero) is 1. The number of piperidine rings is 1. The fourth-order valence-corrected chi connectivity index (χ4v) is 5.06. The number of carboxylic acids is 1. The zero-order valence-corrected chi connectivity index (χ0v) is 19.9. The van der Waals surface area contributed by atoms with Crippen LogP contribution >= 0.6 is 11.3 Å². The van der Waals surface area contributed by atoms with Crippen LogP contribution in [0, 0.1) is 34.6 Å². The van der Waals surface area contributed by atoms with Crippen LogP contribution in [0.15, 0.2) is 36.5 Å². The molecular formula is C26H24F2N2O4S. The summed E-state index contributed by atoms with van der Waals surface area (Å²) in [6.45, 7) is 1.33. The lowest BCUT2D eigenvalue weighted by Crippen LogP contribution is -2.44. The van der Waals surface area contributed by atoms with E-state index in [0.29, 0.717) is 54.0 Å². The normalized spacial score (nSPS) is 18.1. The van der Waals surface area contributed by atoms with Gasteiger partial charge in [0.15, 0.2) is 16.7 Å². The van der Waals surface area contributed by atoms with E-state index in [4.69, 9.17) is 4.74 Å². The number of aliphatic carboxylic acids is 1. The van der Waals surface area contributed by atoms with Gasteiger partial charge in [0, 0.05) is 18.4 Å². The van der Waals surface area contributed by atoms with Crippen molar-refractivity contribution in [2.45, 2.75) is 19.3 Å². The lowest BCUT2D eigenvalue weighted by molar-refractivity contribution is -0.146. The molecule has 0 unspecified atom stereocenters. The summed E-state index contributed by atoms with van der Waals surface area (Å²) in [7, 11) is 1.49. The van der Waals surface area contributed by atoms with E-state index >= 15 is 0 Å². The van der Waals surface area contributed by atoms with E-state index in [-0.39, 0.29) is 28.8 Å². The summed E-state index contributed by atoms with van der Waals surface area (Å²) in [5.41, 5.74) is 0.442. The number of fused-ring (bicyclic) bond motifs is 1. The van der Waals surface area contributed by atoms with Gasteiger partial charge in [-0.15, -0.1) is 0 Å². The summed E-state index contributed by atoms with van der Waals surface area (Å²) in [6.07, 6.45) is 2.00. The number of benzene rings is 1. The fraction of sp³-hybridized carbons (Fsp3) is 0.346. The Kier molecular flexibility index (Phi) is 7.73. The third kappa shape index (κ3) is 5.84. The highest BCUT2D eigenvalue weighted by atomic mass is 32.1. The molecule has 1 N–H and O–H groups in total. The first-order chi connectivity index (χ1) is 16.9. The maximum absolute atomic E-state index is 14.6. The monoisotopic (exact) mass is 498 g/mol. The predicted molar refractivity (Wildman–Crippen MR) is 129 cm³/mol. The zero-order valence-electron chi connectivity index (χ0n) is 19.1. The minimum absolute atomic E-state index is 0.0332. The number of rotatable bonds is 7. The van der Waals surface area contributed by atoms with Crippen molar-refractivity contribution in [2.24, 2.45) is 11.8 Å². The number of ketones is 1. The Balaban J connectivity index is 1.41. The van der Waals surface area contributed by atoms with E-state index in [0.717, 1.165) is 17.5 Å². The molecule has 1 aromatic carbocycles. The largest absolute Gasteiger partial charge is 0.497 e. The van der Waals surface area contributed by atoms with Crippen LogP contribution in [-0.4, -0.2) is 53.5 Å². The Morgan fingerprint density at radius 3 is 2.83 bits per heavy atom. The molecule has 0 spiro atoms. The Morgan fingerprint density at radius 1 is 1.29 bits per heavy atom. The first-order valence-corrected chi connectivity index (χ1v) is 12.0. The SMILES string of the molecule is COc1ccc2ncc(F)c(C(=O)CC[C@H]3CCN(CC#Cc4ccc(F)s4)C[C@H]3C(=O)O)c2c1. The third-order valence-corrected chi connectivity index (χ3v) is 7.08. The van der Waals surface area contributed by atoms with Gasteiger partial charge < -0.3 is 9.84 Å². The molecule has 0 aliphatic carbocycles. The molecule has 9 heteroatoms. The Hall–Kier alpha value is -3.35. The van der Waals surface area contributed by atoms with Gasteiger partial charge in [-0.1, -0.05) is 23.2 Å². The molecule has 2 aromatic heterocycles. The lowest BCUT2D eigenvalue weighted by atomic mass is 9.81. The number of halogens is 2. The second-order valence-corrected chi connectivity index (χ2v) is 9.49. The maximum Gasteiger partial charge on any atom is 0.308 e. The van der Waals surface area contributed by atoms with Gasteiger partial charge in [0.2, 0.25) is 0 Å².